The normalized spacial score (nSPS) is 12.8. The summed E-state index contributed by atoms with van der Waals surface area (Å²) in [7, 11) is -4.02. The maximum atomic E-state index is 12.7. The first-order valence-corrected chi connectivity index (χ1v) is 8.41. The quantitative estimate of drug-likeness (QED) is 0.760. The molecule has 2 aromatic heterocycles. The van der Waals surface area contributed by atoms with Crippen molar-refractivity contribution in [2.75, 3.05) is 6.54 Å². The molecule has 0 aliphatic heterocycles. The van der Waals surface area contributed by atoms with Crippen molar-refractivity contribution in [2.45, 2.75) is 17.6 Å². The maximum absolute atomic E-state index is 12.7. The van der Waals surface area contributed by atoms with Gasteiger partial charge in [-0.3, -0.25) is 0 Å². The Hall–Kier alpha value is -2.33. The summed E-state index contributed by atoms with van der Waals surface area (Å²) in [5.74, 6) is 0. The highest BCUT2D eigenvalue weighted by atomic mass is 32.2. The van der Waals surface area contributed by atoms with Gasteiger partial charge >= 0.3 is 6.18 Å². The molecule has 1 N–H and O–H groups in total. The van der Waals surface area contributed by atoms with Crippen LogP contribution in [0.2, 0.25) is 0 Å². The fraction of sp³-hybridized carbons (Fsp3) is 0.214. The van der Waals surface area contributed by atoms with Gasteiger partial charge in [0.1, 0.15) is 5.65 Å². The van der Waals surface area contributed by atoms with Crippen LogP contribution in [0.1, 0.15) is 5.56 Å². The zero-order valence-electron chi connectivity index (χ0n) is 12.2. The van der Waals surface area contributed by atoms with Crippen molar-refractivity contribution in [1.82, 2.24) is 18.9 Å². The van der Waals surface area contributed by atoms with Crippen LogP contribution in [0, 0.1) is 0 Å². The Morgan fingerprint density at radius 2 is 1.96 bits per heavy atom. The maximum Gasteiger partial charge on any atom is 0.416 e. The Balaban J connectivity index is 1.71. The average Bonchev–Trinajstić information content (AvgIpc) is 3.11. The number of benzene rings is 1. The molecule has 1 aromatic carbocycles. The first kappa shape index (κ1) is 16.5. The zero-order chi connectivity index (χ0) is 17.4. The van der Waals surface area contributed by atoms with Gasteiger partial charge in [0.2, 0.25) is 10.0 Å². The molecule has 6 nitrogen and oxygen atoms in total. The van der Waals surface area contributed by atoms with Crippen LogP contribution in [0.25, 0.3) is 5.65 Å². The van der Waals surface area contributed by atoms with Crippen molar-refractivity contribution in [3.05, 3.63) is 54.5 Å². The predicted molar refractivity (Wildman–Crippen MR) is 79.8 cm³/mol. The van der Waals surface area contributed by atoms with E-state index in [1.807, 2.05) is 0 Å². The van der Waals surface area contributed by atoms with E-state index in [9.17, 15) is 21.6 Å². The van der Waals surface area contributed by atoms with Crippen LogP contribution in [-0.4, -0.2) is 29.1 Å². The first-order valence-electron chi connectivity index (χ1n) is 6.93. The smallest absolute Gasteiger partial charge is 0.330 e. The third kappa shape index (κ3) is 3.29. The molecule has 0 aliphatic rings. The van der Waals surface area contributed by atoms with Crippen LogP contribution in [0.5, 0.6) is 0 Å². The molecule has 128 valence electrons. The Kier molecular flexibility index (Phi) is 4.10. The molecule has 0 unspecified atom stereocenters. The molecule has 0 bridgehead atoms. The van der Waals surface area contributed by atoms with E-state index in [0.29, 0.717) is 12.6 Å². The lowest BCUT2D eigenvalue weighted by molar-refractivity contribution is -0.137. The molecule has 0 atom stereocenters. The van der Waals surface area contributed by atoms with Gasteiger partial charge in [0, 0.05) is 31.5 Å². The van der Waals surface area contributed by atoms with Gasteiger partial charge in [-0.05, 0) is 18.2 Å². The summed E-state index contributed by atoms with van der Waals surface area (Å²) >= 11 is 0. The summed E-state index contributed by atoms with van der Waals surface area (Å²) in [4.78, 5) is -0.417. The molecule has 2 heterocycles. The molecule has 0 saturated carbocycles. The summed E-state index contributed by atoms with van der Waals surface area (Å²) in [5, 5.41) is 4.03. The molecule has 0 fully saturated rings. The summed E-state index contributed by atoms with van der Waals surface area (Å²) in [6.45, 7) is 0.356. The summed E-state index contributed by atoms with van der Waals surface area (Å²) in [6, 6.07) is 5.41. The van der Waals surface area contributed by atoms with Gasteiger partial charge < -0.3 is 4.57 Å². The number of hydrogen-bond acceptors (Lipinski definition) is 3. The van der Waals surface area contributed by atoms with Crippen molar-refractivity contribution in [3.63, 3.8) is 0 Å². The number of imidazole rings is 1. The van der Waals surface area contributed by atoms with E-state index in [0.717, 1.165) is 23.8 Å². The number of fused-ring (bicyclic) bond motifs is 1. The van der Waals surface area contributed by atoms with Gasteiger partial charge in [-0.1, -0.05) is 6.07 Å². The molecule has 0 spiro atoms. The van der Waals surface area contributed by atoms with E-state index in [2.05, 4.69) is 9.82 Å². The number of rotatable bonds is 5. The Morgan fingerprint density at radius 3 is 2.71 bits per heavy atom. The number of aromatic nitrogens is 3. The van der Waals surface area contributed by atoms with Crippen LogP contribution in [0.15, 0.2) is 53.8 Å². The predicted octanol–water partition coefficient (Wildman–Crippen LogP) is 2.13. The third-order valence-electron chi connectivity index (χ3n) is 3.45. The van der Waals surface area contributed by atoms with Gasteiger partial charge in [0.15, 0.2) is 0 Å². The zero-order valence-corrected chi connectivity index (χ0v) is 13.0. The molecule has 24 heavy (non-hydrogen) atoms. The van der Waals surface area contributed by atoms with Crippen molar-refractivity contribution >= 4 is 15.7 Å². The largest absolute Gasteiger partial charge is 0.416 e. The van der Waals surface area contributed by atoms with Gasteiger partial charge in [-0.2, -0.15) is 18.3 Å². The van der Waals surface area contributed by atoms with Gasteiger partial charge in [-0.25, -0.2) is 17.7 Å². The summed E-state index contributed by atoms with van der Waals surface area (Å²) in [6.07, 6.45) is 0.473. The van der Waals surface area contributed by atoms with E-state index >= 15 is 0 Å². The van der Waals surface area contributed by atoms with Gasteiger partial charge in [0.05, 0.1) is 16.7 Å². The van der Waals surface area contributed by atoms with Crippen LogP contribution < -0.4 is 4.72 Å². The Labute approximate surface area is 135 Å². The Morgan fingerprint density at radius 1 is 1.17 bits per heavy atom. The SMILES string of the molecule is O=S(=O)(NCCn1ccn2nccc12)c1cccc(C(F)(F)F)c1. The second-order valence-corrected chi connectivity index (χ2v) is 6.82. The minimum absolute atomic E-state index is 0.0358. The molecular formula is C14H13F3N4O2S. The van der Waals surface area contributed by atoms with Gasteiger partial charge in [-0.15, -0.1) is 0 Å². The van der Waals surface area contributed by atoms with E-state index in [-0.39, 0.29) is 6.54 Å². The van der Waals surface area contributed by atoms with Crippen molar-refractivity contribution in [2.24, 2.45) is 0 Å². The first-order chi connectivity index (χ1) is 11.3. The molecule has 0 amide bonds. The number of nitrogens with zero attached hydrogens (tertiary/aromatic N) is 3. The minimum atomic E-state index is -4.59. The molecule has 10 heteroatoms. The molecule has 0 radical (unpaired) electrons. The number of nitrogens with one attached hydrogen (secondary N) is 1. The summed E-state index contributed by atoms with van der Waals surface area (Å²) < 4.78 is 68.1. The Bertz CT molecular complexity index is 960. The second kappa shape index (κ2) is 5.95. The highest BCUT2D eigenvalue weighted by molar-refractivity contribution is 7.89. The minimum Gasteiger partial charge on any atom is -0.330 e. The fourth-order valence-corrected chi connectivity index (χ4v) is 3.35. The third-order valence-corrected chi connectivity index (χ3v) is 4.91. The molecular weight excluding hydrogens is 345 g/mol. The van der Waals surface area contributed by atoms with Gasteiger partial charge in [0.25, 0.3) is 0 Å². The van der Waals surface area contributed by atoms with Crippen molar-refractivity contribution < 1.29 is 21.6 Å². The summed E-state index contributed by atoms with van der Waals surface area (Å²) in [5.41, 5.74) is -0.218. The molecule has 0 aliphatic carbocycles. The topological polar surface area (TPSA) is 68.4 Å². The van der Waals surface area contributed by atoms with E-state index < -0.39 is 26.7 Å². The second-order valence-electron chi connectivity index (χ2n) is 5.05. The molecule has 3 aromatic rings. The number of halogens is 3. The highest BCUT2D eigenvalue weighted by Gasteiger charge is 2.31. The van der Waals surface area contributed by atoms with E-state index in [1.165, 1.54) is 0 Å². The number of sulfonamides is 1. The standard InChI is InChI=1S/C14H13F3N4O2S/c15-14(16,17)11-2-1-3-12(10-11)24(22,23)19-6-7-20-8-9-21-13(20)4-5-18-21/h1-5,8-10,19H,6-7H2. The van der Waals surface area contributed by atoms with Crippen LogP contribution >= 0.6 is 0 Å². The van der Waals surface area contributed by atoms with Crippen molar-refractivity contribution in [3.8, 4) is 0 Å². The lowest BCUT2D eigenvalue weighted by Gasteiger charge is -2.10. The van der Waals surface area contributed by atoms with E-state index in [1.54, 1.807) is 33.7 Å². The lowest BCUT2D eigenvalue weighted by Crippen LogP contribution is -2.27. The highest BCUT2D eigenvalue weighted by Crippen LogP contribution is 2.30. The fourth-order valence-electron chi connectivity index (χ4n) is 2.28. The van der Waals surface area contributed by atoms with Crippen molar-refractivity contribution in [1.29, 1.82) is 0 Å². The lowest BCUT2D eigenvalue weighted by atomic mass is 10.2. The number of hydrogen-bond donors (Lipinski definition) is 1. The average molecular weight is 358 g/mol. The van der Waals surface area contributed by atoms with Crippen LogP contribution in [0.3, 0.4) is 0 Å². The monoisotopic (exact) mass is 358 g/mol. The van der Waals surface area contributed by atoms with Crippen LogP contribution in [-0.2, 0) is 22.7 Å². The molecule has 3 rings (SSSR count). The van der Waals surface area contributed by atoms with E-state index in [4.69, 9.17) is 0 Å². The molecule has 0 saturated heterocycles. The van der Waals surface area contributed by atoms with Crippen LogP contribution in [0.4, 0.5) is 13.2 Å². The number of alkyl halides is 3.